The molecule has 10 heteroatoms. The maximum atomic E-state index is 14.5. The van der Waals surface area contributed by atoms with Crippen LogP contribution in [-0.4, -0.2) is 41.0 Å². The van der Waals surface area contributed by atoms with E-state index in [1.165, 1.54) is 6.07 Å². The van der Waals surface area contributed by atoms with Crippen LogP contribution in [0.25, 0.3) is 56.1 Å². The van der Waals surface area contributed by atoms with Crippen molar-refractivity contribution in [1.29, 1.82) is 0 Å². The molecule has 0 unspecified atom stereocenters. The van der Waals surface area contributed by atoms with Gasteiger partial charge in [-0.3, -0.25) is 14.9 Å². The van der Waals surface area contributed by atoms with Gasteiger partial charge in [-0.1, -0.05) is 32.0 Å². The lowest BCUT2D eigenvalue weighted by Gasteiger charge is -2.08. The number of fused-ring (bicyclic) bond motifs is 2. The highest BCUT2D eigenvalue weighted by atomic mass is 19.1. The lowest BCUT2D eigenvalue weighted by atomic mass is 10.1. The monoisotopic (exact) mass is 492 g/mol. The molecule has 0 aliphatic heterocycles. The number of rotatable bonds is 5. The number of hydrogen-bond donors (Lipinski definition) is 3. The van der Waals surface area contributed by atoms with Crippen LogP contribution in [0.3, 0.4) is 0 Å². The molecule has 0 bridgehead atoms. The van der Waals surface area contributed by atoms with Gasteiger partial charge >= 0.3 is 0 Å². The highest BCUT2D eigenvalue weighted by molar-refractivity contribution is 5.95. The summed E-state index contributed by atoms with van der Waals surface area (Å²) in [6.45, 7) is 3.66. The molecule has 5 heterocycles. The van der Waals surface area contributed by atoms with Gasteiger partial charge < -0.3 is 10.3 Å². The Morgan fingerprint density at radius 3 is 2.73 bits per heavy atom. The van der Waals surface area contributed by atoms with Crippen molar-refractivity contribution < 1.29 is 9.18 Å². The maximum Gasteiger partial charge on any atom is 0.226 e. The van der Waals surface area contributed by atoms with Gasteiger partial charge in [-0.05, 0) is 30.3 Å². The summed E-state index contributed by atoms with van der Waals surface area (Å²) >= 11 is 0. The summed E-state index contributed by atoms with van der Waals surface area (Å²) < 4.78 is 14.5. The Kier molecular flexibility index (Phi) is 5.41. The number of pyridine rings is 3. The van der Waals surface area contributed by atoms with E-state index in [9.17, 15) is 9.18 Å². The van der Waals surface area contributed by atoms with Gasteiger partial charge in [-0.2, -0.15) is 5.10 Å². The number of hydrogen-bond acceptors (Lipinski definition) is 6. The number of H-pyrrole nitrogens is 2. The standard InChI is InChI=1S/C27H21FN8O/c1-14(2)27(37)31-16-11-15(12-29-13-16)20-7-8-21-23(32-20)24(36-35-21)26-33-22-18(9-10-30-25(22)34-26)17-5-3-4-6-19(17)28/h3-14H,1-2H3,(H,31,37)(H,35,36)(H,30,33,34). The second-order valence-electron chi connectivity index (χ2n) is 8.89. The van der Waals surface area contributed by atoms with Crippen molar-refractivity contribution in [3.8, 4) is 33.9 Å². The van der Waals surface area contributed by atoms with E-state index in [1.807, 2.05) is 32.0 Å². The smallest absolute Gasteiger partial charge is 0.226 e. The Balaban J connectivity index is 1.42. The predicted octanol–water partition coefficient (Wildman–Crippen LogP) is 5.36. The molecule has 3 N–H and O–H groups in total. The number of amides is 1. The molecule has 0 saturated carbocycles. The summed E-state index contributed by atoms with van der Waals surface area (Å²) in [5.41, 5.74) is 5.97. The number of aromatic nitrogens is 7. The van der Waals surface area contributed by atoms with E-state index in [4.69, 9.17) is 4.98 Å². The molecule has 182 valence electrons. The normalized spacial score (nSPS) is 11.5. The number of anilines is 1. The molecule has 0 aliphatic rings. The third kappa shape index (κ3) is 4.08. The highest BCUT2D eigenvalue weighted by Gasteiger charge is 2.18. The van der Waals surface area contributed by atoms with Gasteiger partial charge in [-0.15, -0.1) is 0 Å². The first-order valence-electron chi connectivity index (χ1n) is 11.7. The zero-order chi connectivity index (χ0) is 25.5. The molecule has 0 fully saturated rings. The summed E-state index contributed by atoms with van der Waals surface area (Å²) in [7, 11) is 0. The average Bonchev–Trinajstić information content (AvgIpc) is 3.53. The first-order chi connectivity index (χ1) is 18.0. The molecule has 6 aromatic rings. The van der Waals surface area contributed by atoms with Crippen LogP contribution < -0.4 is 5.32 Å². The molecule has 1 aromatic carbocycles. The number of nitrogens with zero attached hydrogens (tertiary/aromatic N) is 5. The third-order valence-electron chi connectivity index (χ3n) is 6.01. The molecule has 37 heavy (non-hydrogen) atoms. The quantitative estimate of drug-likeness (QED) is 0.298. The van der Waals surface area contributed by atoms with E-state index in [-0.39, 0.29) is 17.6 Å². The van der Waals surface area contributed by atoms with E-state index in [2.05, 4.69) is 35.5 Å². The van der Waals surface area contributed by atoms with Gasteiger partial charge in [0.15, 0.2) is 17.2 Å². The van der Waals surface area contributed by atoms with Crippen LogP contribution in [0, 0.1) is 11.7 Å². The van der Waals surface area contributed by atoms with Crippen LogP contribution in [0.1, 0.15) is 13.8 Å². The van der Waals surface area contributed by atoms with E-state index in [1.54, 1.807) is 42.9 Å². The molecule has 0 radical (unpaired) electrons. The fourth-order valence-corrected chi connectivity index (χ4v) is 4.09. The topological polar surface area (TPSA) is 125 Å². The minimum atomic E-state index is -0.330. The van der Waals surface area contributed by atoms with Crippen LogP contribution in [0.2, 0.25) is 0 Å². The second kappa shape index (κ2) is 8.90. The zero-order valence-electron chi connectivity index (χ0n) is 20.0. The number of nitrogens with one attached hydrogen (secondary N) is 3. The molecular weight excluding hydrogens is 471 g/mol. The number of halogens is 1. The number of aromatic amines is 2. The van der Waals surface area contributed by atoms with Crippen LogP contribution >= 0.6 is 0 Å². The molecule has 1 amide bonds. The van der Waals surface area contributed by atoms with Crippen molar-refractivity contribution in [3.63, 3.8) is 0 Å². The fraction of sp³-hybridized carbons (Fsp3) is 0.111. The Hall–Kier alpha value is -4.99. The zero-order valence-corrected chi connectivity index (χ0v) is 20.0. The van der Waals surface area contributed by atoms with Crippen molar-refractivity contribution in [3.05, 3.63) is 72.9 Å². The van der Waals surface area contributed by atoms with Crippen molar-refractivity contribution in [2.75, 3.05) is 5.32 Å². The summed E-state index contributed by atoms with van der Waals surface area (Å²) in [6.07, 6.45) is 4.89. The number of imidazole rings is 1. The summed E-state index contributed by atoms with van der Waals surface area (Å²) in [5, 5.41) is 10.3. The van der Waals surface area contributed by atoms with Crippen LogP contribution in [0.5, 0.6) is 0 Å². The van der Waals surface area contributed by atoms with Gasteiger partial charge in [0, 0.05) is 35.0 Å². The summed E-state index contributed by atoms with van der Waals surface area (Å²) in [4.78, 5) is 33.4. The Labute approximate surface area is 210 Å². The van der Waals surface area contributed by atoms with E-state index in [0.717, 1.165) is 11.1 Å². The first-order valence-corrected chi connectivity index (χ1v) is 11.7. The average molecular weight is 493 g/mol. The minimum Gasteiger partial charge on any atom is -0.335 e. The van der Waals surface area contributed by atoms with Crippen LogP contribution in [0.15, 0.2) is 67.1 Å². The molecule has 0 saturated heterocycles. The van der Waals surface area contributed by atoms with Crippen molar-refractivity contribution >= 4 is 33.8 Å². The first kappa shape index (κ1) is 22.5. The lowest BCUT2D eigenvalue weighted by molar-refractivity contribution is -0.118. The molecular formula is C27H21FN8O. The molecule has 0 spiro atoms. The SMILES string of the molecule is CC(C)C(=O)Nc1cncc(-c2ccc3[nH]nc(-c4nc5nccc(-c6ccccc6F)c5[nH]4)c3n2)c1. The van der Waals surface area contributed by atoms with E-state index < -0.39 is 0 Å². The van der Waals surface area contributed by atoms with Gasteiger partial charge in [0.1, 0.15) is 11.3 Å². The van der Waals surface area contributed by atoms with E-state index >= 15 is 0 Å². The number of carbonyl (C=O) groups excluding carboxylic acids is 1. The van der Waals surface area contributed by atoms with Crippen molar-refractivity contribution in [1.82, 2.24) is 35.1 Å². The molecule has 9 nitrogen and oxygen atoms in total. The Morgan fingerprint density at radius 2 is 1.89 bits per heavy atom. The predicted molar refractivity (Wildman–Crippen MR) is 139 cm³/mol. The minimum absolute atomic E-state index is 0.0901. The van der Waals surface area contributed by atoms with Gasteiger partial charge in [0.05, 0.1) is 28.6 Å². The van der Waals surface area contributed by atoms with E-state index in [0.29, 0.717) is 50.7 Å². The number of carbonyl (C=O) groups is 1. The lowest BCUT2D eigenvalue weighted by Crippen LogP contribution is -2.17. The maximum absolute atomic E-state index is 14.5. The summed E-state index contributed by atoms with van der Waals surface area (Å²) in [5.74, 6) is -0.113. The third-order valence-corrected chi connectivity index (χ3v) is 6.01. The molecule has 0 aliphatic carbocycles. The van der Waals surface area contributed by atoms with Gasteiger partial charge in [-0.25, -0.2) is 19.3 Å². The second-order valence-corrected chi connectivity index (χ2v) is 8.89. The van der Waals surface area contributed by atoms with Crippen molar-refractivity contribution in [2.24, 2.45) is 5.92 Å². The molecule has 0 atom stereocenters. The molecule has 5 aromatic heterocycles. The highest BCUT2D eigenvalue weighted by Crippen LogP contribution is 2.32. The van der Waals surface area contributed by atoms with Crippen molar-refractivity contribution in [2.45, 2.75) is 13.8 Å². The summed E-state index contributed by atoms with van der Waals surface area (Å²) in [6, 6.07) is 13.9. The Morgan fingerprint density at radius 1 is 1.03 bits per heavy atom. The van der Waals surface area contributed by atoms with Gasteiger partial charge in [0.2, 0.25) is 5.91 Å². The van der Waals surface area contributed by atoms with Gasteiger partial charge in [0.25, 0.3) is 0 Å². The fourth-order valence-electron chi connectivity index (χ4n) is 4.09. The largest absolute Gasteiger partial charge is 0.335 e. The molecule has 6 rings (SSSR count). The van der Waals surface area contributed by atoms with Crippen LogP contribution in [0.4, 0.5) is 10.1 Å². The van der Waals surface area contributed by atoms with Crippen LogP contribution in [-0.2, 0) is 4.79 Å². The number of benzene rings is 1. The Bertz CT molecular complexity index is 1790.